The van der Waals surface area contributed by atoms with E-state index in [1.807, 2.05) is 19.9 Å². The molecule has 8 heteroatoms. The molecule has 0 fully saturated rings. The topological polar surface area (TPSA) is 89.8 Å². The summed E-state index contributed by atoms with van der Waals surface area (Å²) >= 11 is 0. The Hall–Kier alpha value is -2.48. The van der Waals surface area contributed by atoms with Gasteiger partial charge in [-0.15, -0.1) is 0 Å². The lowest BCUT2D eigenvalue weighted by Gasteiger charge is -2.13. The van der Waals surface area contributed by atoms with Crippen LogP contribution in [0.2, 0.25) is 0 Å². The molecule has 0 aliphatic carbocycles. The molecule has 0 amide bonds. The lowest BCUT2D eigenvalue weighted by molar-refractivity contribution is 0.584. The second-order valence-corrected chi connectivity index (χ2v) is 8.32. The van der Waals surface area contributed by atoms with Crippen molar-refractivity contribution < 1.29 is 8.42 Å². The van der Waals surface area contributed by atoms with E-state index in [0.717, 1.165) is 11.3 Å². The number of fused-ring (bicyclic) bond motifs is 1. The highest BCUT2D eigenvalue weighted by molar-refractivity contribution is 7.92. The van der Waals surface area contributed by atoms with Crippen LogP contribution in [0, 0.1) is 13.8 Å². The number of para-hydroxylation sites is 1. The summed E-state index contributed by atoms with van der Waals surface area (Å²) < 4.78 is 25.4. The summed E-state index contributed by atoms with van der Waals surface area (Å²) in [5.41, 5.74) is 5.44. The van der Waals surface area contributed by atoms with Gasteiger partial charge in [0.2, 0.25) is 5.95 Å². The second kappa shape index (κ2) is 5.86. The van der Waals surface area contributed by atoms with E-state index in [1.165, 1.54) is 4.79 Å². The van der Waals surface area contributed by atoms with Crippen molar-refractivity contribution >= 4 is 26.7 Å². The minimum absolute atomic E-state index is 0.0344. The minimum Gasteiger partial charge on any atom is -0.245 e. The van der Waals surface area contributed by atoms with Crippen LogP contribution in [0.1, 0.15) is 25.1 Å². The molecule has 0 aliphatic rings. The molecular weight excluding hydrogens is 326 g/mol. The van der Waals surface area contributed by atoms with Gasteiger partial charge in [0, 0.05) is 5.39 Å². The van der Waals surface area contributed by atoms with Gasteiger partial charge in [-0.1, -0.05) is 12.1 Å². The van der Waals surface area contributed by atoms with Crippen LogP contribution in [0.25, 0.3) is 10.9 Å². The van der Waals surface area contributed by atoms with Crippen LogP contribution in [0.15, 0.2) is 35.5 Å². The van der Waals surface area contributed by atoms with Crippen molar-refractivity contribution in [2.75, 3.05) is 5.43 Å². The van der Waals surface area contributed by atoms with E-state index in [0.29, 0.717) is 10.9 Å². The first kappa shape index (κ1) is 16.4. The maximum absolute atomic E-state index is 12.7. The van der Waals surface area contributed by atoms with Gasteiger partial charge < -0.3 is 0 Å². The van der Waals surface area contributed by atoms with Crippen LogP contribution in [-0.2, 0) is 9.84 Å². The number of nitrogens with one attached hydrogen (secondary N) is 1. The van der Waals surface area contributed by atoms with Crippen LogP contribution < -0.4 is 5.43 Å². The van der Waals surface area contributed by atoms with Gasteiger partial charge in [-0.05, 0) is 45.4 Å². The zero-order valence-corrected chi connectivity index (χ0v) is 14.8. The van der Waals surface area contributed by atoms with E-state index in [-0.39, 0.29) is 11.0 Å². The van der Waals surface area contributed by atoms with E-state index in [4.69, 9.17) is 0 Å². The van der Waals surface area contributed by atoms with Gasteiger partial charge >= 0.3 is 0 Å². The number of hydrogen-bond donors (Lipinski definition) is 1. The van der Waals surface area contributed by atoms with E-state index in [2.05, 4.69) is 20.5 Å². The first-order chi connectivity index (χ1) is 11.3. The van der Waals surface area contributed by atoms with E-state index < -0.39 is 15.1 Å². The first-order valence-corrected chi connectivity index (χ1v) is 9.14. The molecule has 3 aromatic rings. The predicted molar refractivity (Wildman–Crippen MR) is 92.6 cm³/mol. The number of benzene rings is 1. The molecule has 0 atom stereocenters. The second-order valence-electron chi connectivity index (χ2n) is 5.90. The van der Waals surface area contributed by atoms with Crippen LogP contribution in [0.5, 0.6) is 0 Å². The lowest BCUT2D eigenvalue weighted by atomic mass is 10.2. The minimum atomic E-state index is -3.54. The summed E-state index contributed by atoms with van der Waals surface area (Å²) in [6.07, 6.45) is 1.72. The zero-order valence-electron chi connectivity index (χ0n) is 14.0. The highest BCUT2D eigenvalue weighted by Gasteiger charge is 2.25. The Labute approximate surface area is 140 Å². The van der Waals surface area contributed by atoms with Crippen molar-refractivity contribution in [3.8, 4) is 0 Å². The summed E-state index contributed by atoms with van der Waals surface area (Å²) in [4.78, 5) is 10.2. The van der Waals surface area contributed by atoms with Crippen molar-refractivity contribution in [2.45, 2.75) is 38.0 Å². The molecule has 0 aliphatic heterocycles. The highest BCUT2D eigenvalue weighted by Crippen LogP contribution is 2.24. The third kappa shape index (κ3) is 2.73. The van der Waals surface area contributed by atoms with Crippen molar-refractivity contribution in [3.63, 3.8) is 0 Å². The van der Waals surface area contributed by atoms with Gasteiger partial charge in [-0.25, -0.2) is 18.8 Å². The number of sulfone groups is 1. The molecule has 2 heterocycles. The molecule has 0 radical (unpaired) electrons. The number of nitrogens with zero attached hydrogens (tertiary/aromatic N) is 4. The smallest absolute Gasteiger partial charge is 0.245 e. The Morgan fingerprint density at radius 2 is 1.83 bits per heavy atom. The number of aryl methyl sites for hydroxylation is 1. The molecule has 7 nitrogen and oxygen atoms in total. The van der Waals surface area contributed by atoms with Crippen LogP contribution in [-0.4, -0.2) is 33.5 Å². The molecule has 0 spiro atoms. The normalized spacial score (nSPS) is 12.0. The summed E-state index contributed by atoms with van der Waals surface area (Å²) in [6, 6.07) is 7.08. The molecule has 126 valence electrons. The maximum Gasteiger partial charge on any atom is 0.245 e. The number of aromatic nitrogens is 4. The molecule has 0 saturated carbocycles. The standard InChI is InChI=1S/C16H19N5O2S/c1-10(2)24(22,23)15-13-7-5-6-8-14(13)18-16(19-15)20-21-12(4)11(3)9-17-21/h5-10H,1-4H3,(H,18,19,20). The molecule has 1 aromatic carbocycles. The van der Waals surface area contributed by atoms with Gasteiger partial charge in [-0.3, -0.25) is 0 Å². The fourth-order valence-corrected chi connectivity index (χ4v) is 3.38. The van der Waals surface area contributed by atoms with Gasteiger partial charge in [0.05, 0.1) is 22.7 Å². The van der Waals surface area contributed by atoms with Gasteiger partial charge in [0.1, 0.15) is 0 Å². The third-order valence-electron chi connectivity index (χ3n) is 3.92. The Balaban J connectivity index is 2.19. The quantitative estimate of drug-likeness (QED) is 0.731. The molecule has 24 heavy (non-hydrogen) atoms. The summed E-state index contributed by atoms with van der Waals surface area (Å²) in [6.45, 7) is 7.12. The van der Waals surface area contributed by atoms with Crippen LogP contribution >= 0.6 is 0 Å². The highest BCUT2D eigenvalue weighted by atomic mass is 32.2. The van der Waals surface area contributed by atoms with Gasteiger partial charge in [0.25, 0.3) is 0 Å². The maximum atomic E-state index is 12.7. The molecule has 2 aromatic heterocycles. The molecule has 0 bridgehead atoms. The molecule has 0 saturated heterocycles. The Morgan fingerprint density at radius 3 is 2.46 bits per heavy atom. The SMILES string of the molecule is Cc1cnn(Nc2nc(S(=O)(=O)C(C)C)c3ccccc3n2)c1C. The molecule has 1 N–H and O–H groups in total. The Morgan fingerprint density at radius 1 is 1.12 bits per heavy atom. The molecular formula is C16H19N5O2S. The predicted octanol–water partition coefficient (Wildman–Crippen LogP) is 2.50. The van der Waals surface area contributed by atoms with Gasteiger partial charge in [0.15, 0.2) is 14.9 Å². The first-order valence-electron chi connectivity index (χ1n) is 7.59. The van der Waals surface area contributed by atoms with E-state index in [1.54, 1.807) is 38.2 Å². The van der Waals surface area contributed by atoms with Crippen LogP contribution in [0.4, 0.5) is 5.95 Å². The molecule has 3 rings (SSSR count). The lowest BCUT2D eigenvalue weighted by Crippen LogP contribution is -2.19. The van der Waals surface area contributed by atoms with E-state index in [9.17, 15) is 8.42 Å². The van der Waals surface area contributed by atoms with Crippen molar-refractivity contribution in [3.05, 3.63) is 41.7 Å². The fourth-order valence-electron chi connectivity index (χ4n) is 2.24. The van der Waals surface area contributed by atoms with Gasteiger partial charge in [-0.2, -0.15) is 14.9 Å². The zero-order chi connectivity index (χ0) is 17.5. The van der Waals surface area contributed by atoms with Crippen molar-refractivity contribution in [2.24, 2.45) is 0 Å². The molecule has 0 unspecified atom stereocenters. The fraction of sp³-hybridized carbons (Fsp3) is 0.312. The van der Waals surface area contributed by atoms with Crippen molar-refractivity contribution in [1.82, 2.24) is 19.9 Å². The third-order valence-corrected chi connectivity index (χ3v) is 6.01. The largest absolute Gasteiger partial charge is 0.245 e. The monoisotopic (exact) mass is 345 g/mol. The number of rotatable bonds is 4. The van der Waals surface area contributed by atoms with Crippen molar-refractivity contribution in [1.29, 1.82) is 0 Å². The van der Waals surface area contributed by atoms with E-state index >= 15 is 0 Å². The number of hydrogen-bond acceptors (Lipinski definition) is 6. The average Bonchev–Trinajstić information content (AvgIpc) is 2.86. The number of anilines is 1. The summed E-state index contributed by atoms with van der Waals surface area (Å²) in [5.74, 6) is 0.194. The average molecular weight is 345 g/mol. The summed E-state index contributed by atoms with van der Waals surface area (Å²) in [7, 11) is -3.54. The Kier molecular flexibility index (Phi) is 4.00. The Bertz CT molecular complexity index is 1010. The van der Waals surface area contributed by atoms with Crippen LogP contribution in [0.3, 0.4) is 0 Å². The summed E-state index contributed by atoms with van der Waals surface area (Å²) in [5, 5.41) is 4.17.